The number of nitrogens with two attached hydrogens (primary N) is 1. The van der Waals surface area contributed by atoms with E-state index in [-0.39, 0.29) is 30.4 Å². The summed E-state index contributed by atoms with van der Waals surface area (Å²) < 4.78 is 18.7. The summed E-state index contributed by atoms with van der Waals surface area (Å²) >= 11 is 0. The van der Waals surface area contributed by atoms with Gasteiger partial charge in [0, 0.05) is 31.7 Å². The van der Waals surface area contributed by atoms with Crippen LogP contribution >= 0.6 is 0 Å². The first-order chi connectivity index (χ1) is 12.9. The van der Waals surface area contributed by atoms with Gasteiger partial charge in [-0.2, -0.15) is 0 Å². The second-order valence-corrected chi connectivity index (χ2v) is 7.13. The number of piperazine rings is 1. The Labute approximate surface area is 159 Å². The first-order valence-electron chi connectivity index (χ1n) is 9.19. The van der Waals surface area contributed by atoms with E-state index < -0.39 is 0 Å². The molecule has 2 atom stereocenters. The van der Waals surface area contributed by atoms with Crippen molar-refractivity contribution in [3.63, 3.8) is 0 Å². The predicted molar refractivity (Wildman–Crippen MR) is 104 cm³/mol. The van der Waals surface area contributed by atoms with Gasteiger partial charge in [0.2, 0.25) is 0 Å². The Morgan fingerprint density at radius 2 is 1.81 bits per heavy atom. The Morgan fingerprint density at radius 3 is 2.52 bits per heavy atom. The maximum absolute atomic E-state index is 13.1. The Morgan fingerprint density at radius 1 is 1.11 bits per heavy atom. The van der Waals surface area contributed by atoms with E-state index in [0.29, 0.717) is 18.0 Å². The summed E-state index contributed by atoms with van der Waals surface area (Å²) in [7, 11) is 0. The number of halogens is 1. The van der Waals surface area contributed by atoms with E-state index in [1.54, 1.807) is 12.1 Å². The third-order valence-corrected chi connectivity index (χ3v) is 5.00. The molecule has 0 aliphatic carbocycles. The summed E-state index contributed by atoms with van der Waals surface area (Å²) in [6.07, 6.45) is 0. The molecular formula is C21H26FN3O2. The lowest BCUT2D eigenvalue weighted by molar-refractivity contribution is -0.139. The second kappa shape index (κ2) is 8.39. The maximum atomic E-state index is 13.1. The molecule has 0 aromatic heterocycles. The van der Waals surface area contributed by atoms with E-state index in [1.807, 2.05) is 36.1 Å². The van der Waals surface area contributed by atoms with Crippen LogP contribution in [0.5, 0.6) is 5.75 Å². The van der Waals surface area contributed by atoms with Crippen LogP contribution in [0, 0.1) is 5.82 Å². The molecule has 27 heavy (non-hydrogen) atoms. The molecule has 2 unspecified atom stereocenters. The lowest BCUT2D eigenvalue weighted by atomic mass is 10.1. The van der Waals surface area contributed by atoms with Crippen molar-refractivity contribution in [3.8, 4) is 5.75 Å². The molecule has 1 saturated heterocycles. The number of carbonyl (C=O) groups is 1. The van der Waals surface area contributed by atoms with Crippen molar-refractivity contribution in [1.29, 1.82) is 0 Å². The molecule has 1 heterocycles. The van der Waals surface area contributed by atoms with Crippen molar-refractivity contribution in [2.45, 2.75) is 32.5 Å². The van der Waals surface area contributed by atoms with E-state index in [4.69, 9.17) is 10.5 Å². The first-order valence-corrected chi connectivity index (χ1v) is 9.19. The minimum atomic E-state index is -0.227. The van der Waals surface area contributed by atoms with Crippen molar-refractivity contribution < 1.29 is 13.9 Å². The minimum absolute atomic E-state index is 0.0246. The monoisotopic (exact) mass is 371 g/mol. The molecule has 3 rings (SSSR count). The number of nitrogens with zero attached hydrogens (tertiary/aromatic N) is 2. The van der Waals surface area contributed by atoms with E-state index in [0.717, 1.165) is 18.7 Å². The Bertz CT molecular complexity index is 781. The van der Waals surface area contributed by atoms with Gasteiger partial charge in [0.05, 0.1) is 5.69 Å². The van der Waals surface area contributed by atoms with Gasteiger partial charge < -0.3 is 15.4 Å². The molecule has 1 amide bonds. The number of carbonyl (C=O) groups excluding carboxylic acids is 1. The molecule has 0 saturated carbocycles. The average molecular weight is 371 g/mol. The summed E-state index contributed by atoms with van der Waals surface area (Å²) in [4.78, 5) is 16.8. The number of hydrogen-bond acceptors (Lipinski definition) is 4. The standard InChI is InChI=1S/C21H26FN3O2/c1-15-12-25(21(26)14-27-20-6-4-3-5-19(20)23)16(2)11-24(15)13-17-7-9-18(22)10-8-17/h3-10,15-16H,11-14,23H2,1-2H3. The van der Waals surface area contributed by atoms with Crippen LogP contribution in [0.3, 0.4) is 0 Å². The van der Waals surface area contributed by atoms with Crippen LogP contribution in [0.1, 0.15) is 19.4 Å². The molecule has 2 N–H and O–H groups in total. The SMILES string of the molecule is CC1CN(C(=O)COc2ccccc2N)C(C)CN1Cc1ccc(F)cc1. The summed E-state index contributed by atoms with van der Waals surface area (Å²) in [5.74, 6) is 0.259. The highest BCUT2D eigenvalue weighted by Crippen LogP contribution is 2.21. The number of hydrogen-bond donors (Lipinski definition) is 1. The fourth-order valence-corrected chi connectivity index (χ4v) is 3.42. The number of amides is 1. The molecule has 0 bridgehead atoms. The number of nitrogen functional groups attached to an aromatic ring is 1. The molecule has 1 fully saturated rings. The van der Waals surface area contributed by atoms with Gasteiger partial charge in [-0.05, 0) is 43.7 Å². The first kappa shape index (κ1) is 19.2. The maximum Gasteiger partial charge on any atom is 0.260 e. The lowest BCUT2D eigenvalue weighted by Gasteiger charge is -2.44. The van der Waals surface area contributed by atoms with Crippen LogP contribution in [0.25, 0.3) is 0 Å². The van der Waals surface area contributed by atoms with Crippen molar-refractivity contribution in [1.82, 2.24) is 9.80 Å². The fourth-order valence-electron chi connectivity index (χ4n) is 3.42. The second-order valence-electron chi connectivity index (χ2n) is 7.13. The van der Waals surface area contributed by atoms with Gasteiger partial charge >= 0.3 is 0 Å². The Hall–Kier alpha value is -2.60. The molecular weight excluding hydrogens is 345 g/mol. The average Bonchev–Trinajstić information content (AvgIpc) is 2.65. The van der Waals surface area contributed by atoms with Gasteiger partial charge in [0.1, 0.15) is 11.6 Å². The molecule has 0 spiro atoms. The highest BCUT2D eigenvalue weighted by molar-refractivity contribution is 5.78. The topological polar surface area (TPSA) is 58.8 Å². The lowest BCUT2D eigenvalue weighted by Crippen LogP contribution is -2.58. The molecule has 1 aliphatic heterocycles. The highest BCUT2D eigenvalue weighted by Gasteiger charge is 2.32. The number of anilines is 1. The minimum Gasteiger partial charge on any atom is -0.482 e. The van der Waals surface area contributed by atoms with Gasteiger partial charge in [0.25, 0.3) is 5.91 Å². The van der Waals surface area contributed by atoms with Crippen LogP contribution in [-0.2, 0) is 11.3 Å². The fraction of sp³-hybridized carbons (Fsp3) is 0.381. The van der Waals surface area contributed by atoms with Crippen molar-refractivity contribution in [3.05, 3.63) is 59.9 Å². The van der Waals surface area contributed by atoms with Crippen molar-refractivity contribution >= 4 is 11.6 Å². The number of ether oxygens (including phenoxy) is 1. The molecule has 5 nitrogen and oxygen atoms in total. The smallest absolute Gasteiger partial charge is 0.260 e. The summed E-state index contributed by atoms with van der Waals surface area (Å²) in [5.41, 5.74) is 7.45. The van der Waals surface area contributed by atoms with Crippen molar-refractivity contribution in [2.75, 3.05) is 25.4 Å². The highest BCUT2D eigenvalue weighted by atomic mass is 19.1. The molecule has 2 aromatic carbocycles. The number of rotatable bonds is 5. The zero-order valence-electron chi connectivity index (χ0n) is 15.8. The van der Waals surface area contributed by atoms with E-state index in [9.17, 15) is 9.18 Å². The molecule has 2 aromatic rings. The van der Waals surface area contributed by atoms with E-state index in [1.165, 1.54) is 12.1 Å². The number of benzene rings is 2. The normalized spacial score (nSPS) is 20.5. The summed E-state index contributed by atoms with van der Waals surface area (Å²) in [5, 5.41) is 0. The van der Waals surface area contributed by atoms with Crippen LogP contribution in [0.15, 0.2) is 48.5 Å². The molecule has 1 aliphatic rings. The zero-order valence-corrected chi connectivity index (χ0v) is 15.8. The molecule has 144 valence electrons. The largest absolute Gasteiger partial charge is 0.482 e. The predicted octanol–water partition coefficient (Wildman–Crippen LogP) is 2.91. The summed E-state index contributed by atoms with van der Waals surface area (Å²) in [6, 6.07) is 14.0. The van der Waals surface area contributed by atoms with Crippen LogP contribution in [0.2, 0.25) is 0 Å². The van der Waals surface area contributed by atoms with Gasteiger partial charge in [-0.3, -0.25) is 9.69 Å². The quantitative estimate of drug-likeness (QED) is 0.821. The van der Waals surface area contributed by atoms with Crippen LogP contribution in [-0.4, -0.2) is 47.5 Å². The Kier molecular flexibility index (Phi) is 5.96. The summed E-state index contributed by atoms with van der Waals surface area (Å²) in [6.45, 7) is 6.25. The van der Waals surface area contributed by atoms with Gasteiger partial charge in [-0.25, -0.2) is 4.39 Å². The zero-order chi connectivity index (χ0) is 19.4. The number of para-hydroxylation sites is 2. The van der Waals surface area contributed by atoms with Crippen molar-refractivity contribution in [2.24, 2.45) is 0 Å². The van der Waals surface area contributed by atoms with Gasteiger partial charge in [0.15, 0.2) is 6.61 Å². The van der Waals surface area contributed by atoms with E-state index >= 15 is 0 Å². The van der Waals surface area contributed by atoms with Gasteiger partial charge in [-0.1, -0.05) is 24.3 Å². The van der Waals surface area contributed by atoms with Crippen LogP contribution < -0.4 is 10.5 Å². The van der Waals surface area contributed by atoms with Crippen LogP contribution in [0.4, 0.5) is 10.1 Å². The van der Waals surface area contributed by atoms with E-state index in [2.05, 4.69) is 11.8 Å². The molecule has 0 radical (unpaired) electrons. The van der Waals surface area contributed by atoms with Gasteiger partial charge in [-0.15, -0.1) is 0 Å². The Balaban J connectivity index is 1.56. The molecule has 6 heteroatoms. The third kappa shape index (κ3) is 4.77. The third-order valence-electron chi connectivity index (χ3n) is 5.00.